The molecule has 1 aliphatic rings. The fourth-order valence-electron chi connectivity index (χ4n) is 2.71. The third-order valence-corrected chi connectivity index (χ3v) is 5.88. The number of para-hydroxylation sites is 1. The van der Waals surface area contributed by atoms with Gasteiger partial charge in [-0.15, -0.1) is 4.03 Å². The number of hydrogen-bond acceptors (Lipinski definition) is 6. The molecule has 0 radical (unpaired) electrons. The number of aryl methyl sites for hydroxylation is 2. The lowest BCUT2D eigenvalue weighted by Crippen LogP contribution is -2.44. The predicted molar refractivity (Wildman–Crippen MR) is 106 cm³/mol. The maximum absolute atomic E-state index is 4.74. The van der Waals surface area contributed by atoms with E-state index in [1.165, 1.54) is 4.88 Å². The Kier molecular flexibility index (Phi) is 4.47. The Bertz CT molecular complexity index is 835. The summed E-state index contributed by atoms with van der Waals surface area (Å²) < 4.78 is 1.99. The minimum atomic E-state index is -0.0501. The SMILES string of the molecule is Cc1nc(N2N(c3ccccc3)NC(c3ccccc3)N2Br)sc1C. The van der Waals surface area contributed by atoms with E-state index in [1.54, 1.807) is 11.3 Å². The maximum atomic E-state index is 4.74. The summed E-state index contributed by atoms with van der Waals surface area (Å²) in [6.45, 7) is 4.14. The van der Waals surface area contributed by atoms with E-state index in [0.717, 1.165) is 22.1 Å². The van der Waals surface area contributed by atoms with Crippen molar-refractivity contribution in [2.24, 2.45) is 0 Å². The summed E-state index contributed by atoms with van der Waals surface area (Å²) in [7, 11) is 0. The lowest BCUT2D eigenvalue weighted by Gasteiger charge is -2.29. The number of nitrogens with one attached hydrogen (secondary N) is 1. The van der Waals surface area contributed by atoms with E-state index < -0.39 is 0 Å². The van der Waals surface area contributed by atoms with Gasteiger partial charge in [0.1, 0.15) is 6.17 Å². The molecule has 0 bridgehead atoms. The van der Waals surface area contributed by atoms with Crippen LogP contribution in [0.15, 0.2) is 60.7 Å². The van der Waals surface area contributed by atoms with Gasteiger partial charge in [-0.1, -0.05) is 59.9 Å². The topological polar surface area (TPSA) is 34.6 Å². The second-order valence-electron chi connectivity index (χ2n) is 5.81. The zero-order valence-electron chi connectivity index (χ0n) is 13.9. The van der Waals surface area contributed by atoms with Crippen LogP contribution in [0.1, 0.15) is 22.3 Å². The van der Waals surface area contributed by atoms with Crippen LogP contribution in [0.3, 0.4) is 0 Å². The standard InChI is InChI=1S/C18H18BrN5S/c1-13-14(2)25-18(20-13)24-22(19)17(15-9-5-3-6-10-15)21-23(24)16-11-7-4-8-12-16/h3-12,17,21H,1-2H3. The third-order valence-electron chi connectivity index (χ3n) is 4.13. The van der Waals surface area contributed by atoms with Crippen LogP contribution in [-0.2, 0) is 0 Å². The molecule has 1 N–H and O–H groups in total. The molecule has 1 fully saturated rings. The van der Waals surface area contributed by atoms with Gasteiger partial charge in [0.25, 0.3) is 0 Å². The van der Waals surface area contributed by atoms with Crippen LogP contribution in [0.4, 0.5) is 10.8 Å². The van der Waals surface area contributed by atoms with Crippen molar-refractivity contribution < 1.29 is 0 Å². The Balaban J connectivity index is 1.77. The highest BCUT2D eigenvalue weighted by Crippen LogP contribution is 2.38. The fraction of sp³-hybridized carbons (Fsp3) is 0.167. The van der Waals surface area contributed by atoms with Crippen molar-refractivity contribution in [2.45, 2.75) is 20.0 Å². The summed E-state index contributed by atoms with van der Waals surface area (Å²) in [5.41, 5.74) is 6.81. The van der Waals surface area contributed by atoms with Crippen molar-refractivity contribution in [2.75, 3.05) is 10.2 Å². The number of thiazole rings is 1. The first-order valence-electron chi connectivity index (χ1n) is 8.00. The quantitative estimate of drug-likeness (QED) is 0.625. The smallest absolute Gasteiger partial charge is 0.222 e. The van der Waals surface area contributed by atoms with Gasteiger partial charge in [-0.2, -0.15) is 15.7 Å². The molecular formula is C18H18BrN5S. The first-order valence-corrected chi connectivity index (χ1v) is 9.53. The molecule has 4 rings (SSSR count). The Morgan fingerprint density at radius 1 is 1.00 bits per heavy atom. The largest absolute Gasteiger partial charge is 0.223 e. The van der Waals surface area contributed by atoms with Gasteiger partial charge in [0, 0.05) is 21.0 Å². The first kappa shape index (κ1) is 16.5. The second kappa shape index (κ2) is 6.76. The molecule has 128 valence electrons. The zero-order chi connectivity index (χ0) is 17.4. The Morgan fingerprint density at radius 2 is 1.64 bits per heavy atom. The van der Waals surface area contributed by atoms with Crippen molar-refractivity contribution in [1.82, 2.24) is 14.4 Å². The fourth-order valence-corrected chi connectivity index (χ4v) is 4.33. The molecule has 5 nitrogen and oxygen atoms in total. The normalized spacial score (nSPS) is 18.1. The predicted octanol–water partition coefficient (Wildman–Crippen LogP) is 4.73. The molecule has 0 spiro atoms. The highest BCUT2D eigenvalue weighted by molar-refractivity contribution is 9.07. The zero-order valence-corrected chi connectivity index (χ0v) is 16.3. The lowest BCUT2D eigenvalue weighted by atomic mass is 10.2. The van der Waals surface area contributed by atoms with Gasteiger partial charge in [-0.25, -0.2) is 4.98 Å². The van der Waals surface area contributed by atoms with Gasteiger partial charge in [0.15, 0.2) is 0 Å². The minimum Gasteiger partial charge on any atom is -0.222 e. The van der Waals surface area contributed by atoms with E-state index in [4.69, 9.17) is 4.98 Å². The molecule has 1 unspecified atom stereocenters. The summed E-state index contributed by atoms with van der Waals surface area (Å²) in [6.07, 6.45) is -0.0501. The molecule has 2 aromatic carbocycles. The summed E-state index contributed by atoms with van der Waals surface area (Å²) in [4.78, 5) is 5.95. The number of hydrazine groups is 3. The number of rotatable bonds is 3. The number of aromatic nitrogens is 1. The highest BCUT2D eigenvalue weighted by Gasteiger charge is 2.39. The summed E-state index contributed by atoms with van der Waals surface area (Å²) in [6, 6.07) is 20.6. The van der Waals surface area contributed by atoms with Crippen LogP contribution in [-0.4, -0.2) is 9.02 Å². The summed E-state index contributed by atoms with van der Waals surface area (Å²) in [5, 5.41) is 4.95. The van der Waals surface area contributed by atoms with Gasteiger partial charge in [0.05, 0.1) is 11.4 Å². The monoisotopic (exact) mass is 415 g/mol. The lowest BCUT2D eigenvalue weighted by molar-refractivity contribution is 0.417. The maximum Gasteiger partial charge on any atom is 0.223 e. The number of anilines is 2. The summed E-state index contributed by atoms with van der Waals surface area (Å²) >= 11 is 5.41. The second-order valence-corrected chi connectivity index (χ2v) is 7.71. The van der Waals surface area contributed by atoms with Crippen LogP contribution in [0.25, 0.3) is 0 Å². The van der Waals surface area contributed by atoms with Gasteiger partial charge < -0.3 is 0 Å². The van der Waals surface area contributed by atoms with E-state index in [1.807, 2.05) is 57.6 Å². The molecule has 0 saturated carbocycles. The van der Waals surface area contributed by atoms with Crippen LogP contribution in [0, 0.1) is 13.8 Å². The molecule has 1 aliphatic heterocycles. The molecule has 7 heteroatoms. The van der Waals surface area contributed by atoms with Crippen molar-refractivity contribution in [1.29, 1.82) is 0 Å². The molecule has 1 atom stereocenters. The van der Waals surface area contributed by atoms with Gasteiger partial charge >= 0.3 is 0 Å². The Labute approximate surface area is 159 Å². The van der Waals surface area contributed by atoms with Gasteiger partial charge in [-0.05, 0) is 31.5 Å². The van der Waals surface area contributed by atoms with Crippen molar-refractivity contribution in [3.8, 4) is 0 Å². The minimum absolute atomic E-state index is 0.0501. The number of nitrogens with zero attached hydrogens (tertiary/aromatic N) is 4. The molecule has 3 aromatic rings. The first-order chi connectivity index (χ1) is 12.1. The molecular weight excluding hydrogens is 398 g/mol. The van der Waals surface area contributed by atoms with Crippen molar-refractivity contribution in [3.05, 3.63) is 76.8 Å². The van der Waals surface area contributed by atoms with Crippen LogP contribution in [0.5, 0.6) is 0 Å². The molecule has 2 heterocycles. The molecule has 0 aliphatic carbocycles. The molecule has 1 aromatic heterocycles. The Hall–Kier alpha value is -1.93. The van der Waals surface area contributed by atoms with Crippen molar-refractivity contribution >= 4 is 38.3 Å². The molecule has 0 amide bonds. The van der Waals surface area contributed by atoms with Crippen molar-refractivity contribution in [3.63, 3.8) is 0 Å². The van der Waals surface area contributed by atoms with E-state index in [9.17, 15) is 0 Å². The van der Waals surface area contributed by atoms with Gasteiger partial charge in [-0.3, -0.25) is 0 Å². The average Bonchev–Trinajstić information content (AvgIpc) is 3.16. The summed E-state index contributed by atoms with van der Waals surface area (Å²) in [5.74, 6) is 0. The van der Waals surface area contributed by atoms with E-state index in [-0.39, 0.29) is 6.17 Å². The number of halogens is 1. The molecule has 25 heavy (non-hydrogen) atoms. The third kappa shape index (κ3) is 3.04. The Morgan fingerprint density at radius 3 is 2.24 bits per heavy atom. The van der Waals surface area contributed by atoms with E-state index in [0.29, 0.717) is 0 Å². The van der Waals surface area contributed by atoms with Crippen LogP contribution in [0.2, 0.25) is 0 Å². The highest BCUT2D eigenvalue weighted by atomic mass is 79.9. The van der Waals surface area contributed by atoms with Crippen LogP contribution < -0.4 is 15.7 Å². The number of hydrogen-bond donors (Lipinski definition) is 1. The average molecular weight is 416 g/mol. The molecule has 1 saturated heterocycles. The van der Waals surface area contributed by atoms with Gasteiger partial charge in [0.2, 0.25) is 5.13 Å². The van der Waals surface area contributed by atoms with E-state index in [2.05, 4.69) is 52.8 Å². The number of benzene rings is 2. The van der Waals surface area contributed by atoms with E-state index >= 15 is 0 Å². The van der Waals surface area contributed by atoms with Crippen LogP contribution >= 0.6 is 27.5 Å².